The summed E-state index contributed by atoms with van der Waals surface area (Å²) in [5.74, 6) is -1.72. The zero-order valence-corrected chi connectivity index (χ0v) is 9.86. The molecule has 7 heteroatoms. The third-order valence-corrected chi connectivity index (χ3v) is 2.18. The van der Waals surface area contributed by atoms with Gasteiger partial charge in [0.2, 0.25) is 5.91 Å². The van der Waals surface area contributed by atoms with Crippen molar-refractivity contribution < 1.29 is 19.5 Å². The molecule has 0 spiro atoms. The first-order chi connectivity index (χ1) is 7.93. The molecule has 5 N–H and O–H groups in total. The molecule has 0 fully saturated rings. The number of nitrogens with two attached hydrogens (primary N) is 1. The van der Waals surface area contributed by atoms with Gasteiger partial charge >= 0.3 is 12.0 Å². The van der Waals surface area contributed by atoms with Crippen molar-refractivity contribution in [1.29, 1.82) is 0 Å². The summed E-state index contributed by atoms with van der Waals surface area (Å²) in [7, 11) is 0. The molecule has 1 unspecified atom stereocenters. The first-order valence-corrected chi connectivity index (χ1v) is 5.46. The predicted octanol–water partition coefficient (Wildman–Crippen LogP) is -0.338. The van der Waals surface area contributed by atoms with Gasteiger partial charge in [-0.3, -0.25) is 9.59 Å². The molecule has 0 aromatic carbocycles. The second-order valence-electron chi connectivity index (χ2n) is 3.78. The number of rotatable bonds is 8. The molecule has 0 heterocycles. The lowest BCUT2D eigenvalue weighted by molar-refractivity contribution is -0.141. The molecule has 1 atom stereocenters. The Morgan fingerprint density at radius 2 is 1.82 bits per heavy atom. The van der Waals surface area contributed by atoms with Crippen LogP contribution in [0.3, 0.4) is 0 Å². The molecule has 7 nitrogen and oxygen atoms in total. The Labute approximate surface area is 99.7 Å². The van der Waals surface area contributed by atoms with Crippen LogP contribution in [0.5, 0.6) is 0 Å². The maximum Gasteiger partial charge on any atom is 0.314 e. The number of carboxylic acid groups (broad SMARTS) is 1. The van der Waals surface area contributed by atoms with E-state index in [9.17, 15) is 14.4 Å². The van der Waals surface area contributed by atoms with Crippen LogP contribution in [0, 0.1) is 5.92 Å². The minimum absolute atomic E-state index is 0.101. The first-order valence-electron chi connectivity index (χ1n) is 5.46. The molecule has 98 valence electrons. The summed E-state index contributed by atoms with van der Waals surface area (Å²) in [4.78, 5) is 32.0. The van der Waals surface area contributed by atoms with E-state index in [1.807, 2.05) is 0 Å². The van der Waals surface area contributed by atoms with E-state index in [1.54, 1.807) is 6.92 Å². The Morgan fingerprint density at radius 1 is 1.24 bits per heavy atom. The Hall–Kier alpha value is -1.79. The zero-order chi connectivity index (χ0) is 13.3. The molecular formula is C10H19N3O4. The van der Waals surface area contributed by atoms with E-state index in [2.05, 4.69) is 10.6 Å². The third-order valence-electron chi connectivity index (χ3n) is 2.18. The van der Waals surface area contributed by atoms with Crippen LogP contribution in [0.4, 0.5) is 4.79 Å². The van der Waals surface area contributed by atoms with Crippen LogP contribution in [-0.2, 0) is 9.59 Å². The van der Waals surface area contributed by atoms with Gasteiger partial charge in [-0.15, -0.1) is 0 Å². The topological polar surface area (TPSA) is 122 Å². The molecule has 0 rings (SSSR count). The maximum atomic E-state index is 11.1. The molecule has 0 aliphatic rings. The summed E-state index contributed by atoms with van der Waals surface area (Å²) >= 11 is 0. The summed E-state index contributed by atoms with van der Waals surface area (Å²) in [5, 5.41) is 13.6. The van der Waals surface area contributed by atoms with E-state index < -0.39 is 17.8 Å². The van der Waals surface area contributed by atoms with Crippen molar-refractivity contribution in [1.82, 2.24) is 10.6 Å². The smallest absolute Gasteiger partial charge is 0.314 e. The van der Waals surface area contributed by atoms with Crippen molar-refractivity contribution in [3.63, 3.8) is 0 Å². The second-order valence-corrected chi connectivity index (χ2v) is 3.78. The lowest BCUT2D eigenvalue weighted by Crippen LogP contribution is -2.37. The number of carbonyl (C=O) groups is 3. The molecule has 17 heavy (non-hydrogen) atoms. The number of nitrogens with one attached hydrogen (secondary N) is 2. The van der Waals surface area contributed by atoms with E-state index in [4.69, 9.17) is 10.8 Å². The van der Waals surface area contributed by atoms with E-state index in [0.29, 0.717) is 19.4 Å². The maximum absolute atomic E-state index is 11.1. The van der Waals surface area contributed by atoms with E-state index in [1.165, 1.54) is 0 Å². The molecule has 0 aliphatic heterocycles. The summed E-state index contributed by atoms with van der Waals surface area (Å²) in [6.07, 6.45) is 1.21. The lowest BCUT2D eigenvalue weighted by Gasteiger charge is -2.08. The lowest BCUT2D eigenvalue weighted by atomic mass is 10.1. The zero-order valence-electron chi connectivity index (χ0n) is 9.86. The van der Waals surface area contributed by atoms with Gasteiger partial charge in [0.25, 0.3) is 0 Å². The molecule has 3 amide bonds. The van der Waals surface area contributed by atoms with Crippen molar-refractivity contribution in [3.8, 4) is 0 Å². The largest absolute Gasteiger partial charge is 0.481 e. The van der Waals surface area contributed by atoms with Crippen LogP contribution in [-0.4, -0.2) is 36.1 Å². The molecule has 0 radical (unpaired) electrons. The Bertz CT molecular complexity index is 281. The van der Waals surface area contributed by atoms with Gasteiger partial charge in [0.1, 0.15) is 0 Å². The van der Waals surface area contributed by atoms with Crippen molar-refractivity contribution in [3.05, 3.63) is 0 Å². The van der Waals surface area contributed by atoms with Crippen molar-refractivity contribution in [2.45, 2.75) is 26.2 Å². The highest BCUT2D eigenvalue weighted by Gasteiger charge is 2.09. The Balaban J connectivity index is 3.45. The fourth-order valence-corrected chi connectivity index (χ4v) is 1.10. The average molecular weight is 245 g/mol. The molecule has 0 saturated carbocycles. The van der Waals surface area contributed by atoms with Crippen molar-refractivity contribution >= 4 is 17.9 Å². The van der Waals surface area contributed by atoms with Gasteiger partial charge in [-0.25, -0.2) is 4.79 Å². The van der Waals surface area contributed by atoms with Crippen molar-refractivity contribution in [2.24, 2.45) is 11.7 Å². The minimum Gasteiger partial charge on any atom is -0.481 e. The fourth-order valence-electron chi connectivity index (χ4n) is 1.10. The number of aliphatic carboxylic acids is 1. The monoisotopic (exact) mass is 245 g/mol. The number of hydrogen-bond acceptors (Lipinski definition) is 3. The van der Waals surface area contributed by atoms with Crippen LogP contribution >= 0.6 is 0 Å². The summed E-state index contributed by atoms with van der Waals surface area (Å²) < 4.78 is 0. The number of carboxylic acids is 1. The molecule has 0 saturated heterocycles. The van der Waals surface area contributed by atoms with Gasteiger partial charge < -0.3 is 21.5 Å². The van der Waals surface area contributed by atoms with Crippen LogP contribution in [0.1, 0.15) is 26.2 Å². The quantitative estimate of drug-likeness (QED) is 0.437. The Kier molecular flexibility index (Phi) is 7.49. The van der Waals surface area contributed by atoms with Crippen LogP contribution < -0.4 is 16.4 Å². The highest BCUT2D eigenvalue weighted by molar-refractivity contribution is 5.76. The van der Waals surface area contributed by atoms with Crippen LogP contribution in [0.15, 0.2) is 0 Å². The minimum atomic E-state index is -0.837. The van der Waals surface area contributed by atoms with Gasteiger partial charge in [-0.1, -0.05) is 6.92 Å². The number of hydrogen-bond donors (Lipinski definition) is 4. The SMILES string of the molecule is CC(CCCNC(=O)NCCC(N)=O)C(=O)O. The average Bonchev–Trinajstić information content (AvgIpc) is 2.23. The highest BCUT2D eigenvalue weighted by Crippen LogP contribution is 2.03. The number of carbonyl (C=O) groups excluding carboxylic acids is 2. The molecule has 0 aliphatic carbocycles. The van der Waals surface area contributed by atoms with E-state index in [-0.39, 0.29) is 19.0 Å². The number of urea groups is 1. The van der Waals surface area contributed by atoms with Gasteiger partial charge in [-0.2, -0.15) is 0 Å². The molecular weight excluding hydrogens is 226 g/mol. The first kappa shape index (κ1) is 15.2. The molecule has 0 aromatic rings. The fraction of sp³-hybridized carbons (Fsp3) is 0.700. The number of primary amides is 1. The second kappa shape index (κ2) is 8.37. The van der Waals surface area contributed by atoms with E-state index in [0.717, 1.165) is 0 Å². The summed E-state index contributed by atoms with van der Waals surface area (Å²) in [5.41, 5.74) is 4.90. The standard InChI is InChI=1S/C10H19N3O4/c1-7(9(15)16)3-2-5-12-10(17)13-6-4-8(11)14/h7H,2-6H2,1H3,(H2,11,14)(H,15,16)(H2,12,13,17). The normalized spacial score (nSPS) is 11.6. The third kappa shape index (κ3) is 9.16. The summed E-state index contributed by atoms with van der Waals surface area (Å²) in [6.45, 7) is 2.22. The molecule has 0 bridgehead atoms. The van der Waals surface area contributed by atoms with Gasteiger partial charge in [0.05, 0.1) is 5.92 Å². The predicted molar refractivity (Wildman–Crippen MR) is 61.2 cm³/mol. The summed E-state index contributed by atoms with van der Waals surface area (Å²) in [6, 6.07) is -0.380. The van der Waals surface area contributed by atoms with Crippen LogP contribution in [0.2, 0.25) is 0 Å². The highest BCUT2D eigenvalue weighted by atomic mass is 16.4. The van der Waals surface area contributed by atoms with Crippen molar-refractivity contribution in [2.75, 3.05) is 13.1 Å². The van der Waals surface area contributed by atoms with Crippen LogP contribution in [0.25, 0.3) is 0 Å². The Morgan fingerprint density at radius 3 is 2.35 bits per heavy atom. The van der Waals surface area contributed by atoms with E-state index >= 15 is 0 Å². The van der Waals surface area contributed by atoms with Gasteiger partial charge in [0.15, 0.2) is 0 Å². The number of amides is 3. The molecule has 0 aromatic heterocycles. The van der Waals surface area contributed by atoms with Gasteiger partial charge in [-0.05, 0) is 12.8 Å². The van der Waals surface area contributed by atoms with Gasteiger partial charge in [0, 0.05) is 19.5 Å².